The summed E-state index contributed by atoms with van der Waals surface area (Å²) in [5, 5.41) is 8.48. The van der Waals surface area contributed by atoms with Gasteiger partial charge in [-0.3, -0.25) is 4.79 Å². The summed E-state index contributed by atoms with van der Waals surface area (Å²) < 4.78 is 31.4. The van der Waals surface area contributed by atoms with E-state index in [1.165, 1.54) is 0 Å². The molecule has 0 radical (unpaired) electrons. The number of ether oxygens (including phenoxy) is 1. The Bertz CT molecular complexity index is 612. The summed E-state index contributed by atoms with van der Waals surface area (Å²) in [5.74, 6) is -0.0392. The monoisotopic (exact) mass is 313 g/mol. The molecular formula is C14H19NO5S. The number of fused-ring (bicyclic) bond motifs is 1. The Morgan fingerprint density at radius 3 is 2.95 bits per heavy atom. The molecule has 0 fully saturated rings. The van der Waals surface area contributed by atoms with Crippen LogP contribution < -0.4 is 9.46 Å². The number of rotatable bonds is 8. The van der Waals surface area contributed by atoms with E-state index >= 15 is 0 Å². The summed E-state index contributed by atoms with van der Waals surface area (Å²) in [4.78, 5) is 10.3. The molecule has 116 valence electrons. The summed E-state index contributed by atoms with van der Waals surface area (Å²) in [6.45, 7) is 0.842. The van der Waals surface area contributed by atoms with Gasteiger partial charge in [-0.15, -0.1) is 0 Å². The number of hydrogen-bond donors (Lipinski definition) is 2. The van der Waals surface area contributed by atoms with Crippen LogP contribution in [-0.2, 0) is 27.7 Å². The van der Waals surface area contributed by atoms with E-state index in [9.17, 15) is 13.2 Å². The van der Waals surface area contributed by atoms with Crippen molar-refractivity contribution in [2.75, 3.05) is 18.9 Å². The first-order valence-electron chi connectivity index (χ1n) is 6.90. The molecule has 21 heavy (non-hydrogen) atoms. The topological polar surface area (TPSA) is 92.7 Å². The quantitative estimate of drug-likeness (QED) is 0.697. The number of aryl methyl sites for hydroxylation is 1. The minimum Gasteiger partial charge on any atom is -0.493 e. The molecule has 7 heteroatoms. The molecule has 1 aliphatic rings. The molecule has 0 aromatic heterocycles. The Kier molecular flexibility index (Phi) is 5.19. The molecule has 6 nitrogen and oxygen atoms in total. The molecule has 0 saturated heterocycles. The Morgan fingerprint density at radius 1 is 1.38 bits per heavy atom. The van der Waals surface area contributed by atoms with Crippen molar-refractivity contribution in [2.24, 2.45) is 0 Å². The molecule has 1 aromatic carbocycles. The first-order valence-corrected chi connectivity index (χ1v) is 8.55. The highest BCUT2D eigenvalue weighted by Crippen LogP contribution is 2.26. The van der Waals surface area contributed by atoms with Gasteiger partial charge in [0.2, 0.25) is 10.0 Å². The summed E-state index contributed by atoms with van der Waals surface area (Å²) in [5.41, 5.74) is 2.09. The van der Waals surface area contributed by atoms with E-state index in [1.54, 1.807) is 0 Å². The Labute approximate surface area is 124 Å². The predicted molar refractivity (Wildman–Crippen MR) is 78.0 cm³/mol. The van der Waals surface area contributed by atoms with Crippen LogP contribution in [-0.4, -0.2) is 38.4 Å². The van der Waals surface area contributed by atoms with E-state index in [-0.39, 0.29) is 18.7 Å². The lowest BCUT2D eigenvalue weighted by Gasteiger charge is -2.07. The molecule has 1 aliphatic heterocycles. The molecule has 0 bridgehead atoms. The molecule has 1 aromatic rings. The number of aliphatic carboxylic acids is 1. The van der Waals surface area contributed by atoms with Crippen LogP contribution in [0.15, 0.2) is 18.2 Å². The smallest absolute Gasteiger partial charge is 0.303 e. The second kappa shape index (κ2) is 6.91. The van der Waals surface area contributed by atoms with Crippen molar-refractivity contribution in [3.8, 4) is 5.75 Å². The number of sulfonamides is 1. The molecule has 0 aliphatic carbocycles. The third-order valence-corrected chi connectivity index (χ3v) is 4.69. The lowest BCUT2D eigenvalue weighted by Crippen LogP contribution is -2.28. The third kappa shape index (κ3) is 5.02. The lowest BCUT2D eigenvalue weighted by molar-refractivity contribution is -0.137. The van der Waals surface area contributed by atoms with Crippen molar-refractivity contribution in [3.05, 3.63) is 29.3 Å². The number of carboxylic acids is 1. The molecule has 0 atom stereocenters. The first-order chi connectivity index (χ1) is 9.96. The number of nitrogens with one attached hydrogen (secondary N) is 1. The standard InChI is InChI=1S/C14H19NO5S/c16-14(17)2-1-7-15-21(18,19)9-6-11-3-4-13-12(10-11)5-8-20-13/h3-4,10,15H,1-2,5-9H2,(H,16,17). The largest absolute Gasteiger partial charge is 0.493 e. The van der Waals surface area contributed by atoms with E-state index in [1.807, 2.05) is 18.2 Å². The first kappa shape index (κ1) is 15.8. The van der Waals surface area contributed by atoms with Crippen molar-refractivity contribution < 1.29 is 23.1 Å². The van der Waals surface area contributed by atoms with Crippen LogP contribution in [0, 0.1) is 0 Å². The van der Waals surface area contributed by atoms with Crippen LogP contribution >= 0.6 is 0 Å². The van der Waals surface area contributed by atoms with Crippen LogP contribution in [0.2, 0.25) is 0 Å². The highest BCUT2D eigenvalue weighted by molar-refractivity contribution is 7.89. The SMILES string of the molecule is O=C(O)CCCNS(=O)(=O)CCc1ccc2c(c1)CCO2. The van der Waals surface area contributed by atoms with Gasteiger partial charge < -0.3 is 9.84 Å². The fourth-order valence-electron chi connectivity index (χ4n) is 2.19. The molecular weight excluding hydrogens is 294 g/mol. The van der Waals surface area contributed by atoms with Gasteiger partial charge in [-0.2, -0.15) is 0 Å². The Hall–Kier alpha value is -1.60. The highest BCUT2D eigenvalue weighted by atomic mass is 32.2. The normalized spacial score (nSPS) is 13.7. The number of hydrogen-bond acceptors (Lipinski definition) is 4. The zero-order valence-corrected chi connectivity index (χ0v) is 12.5. The maximum atomic E-state index is 11.8. The van der Waals surface area contributed by atoms with Gasteiger partial charge in [0, 0.05) is 19.4 Å². The second-order valence-electron chi connectivity index (χ2n) is 5.00. The van der Waals surface area contributed by atoms with E-state index in [0.29, 0.717) is 19.4 Å². The predicted octanol–water partition coefficient (Wildman–Crippen LogP) is 0.948. The van der Waals surface area contributed by atoms with Gasteiger partial charge in [0.15, 0.2) is 0 Å². The Morgan fingerprint density at radius 2 is 2.19 bits per heavy atom. The van der Waals surface area contributed by atoms with E-state index in [2.05, 4.69) is 4.72 Å². The maximum absolute atomic E-state index is 11.8. The van der Waals surface area contributed by atoms with Gasteiger partial charge in [0.05, 0.1) is 12.4 Å². The molecule has 2 N–H and O–H groups in total. The molecule has 2 rings (SSSR count). The summed E-state index contributed by atoms with van der Waals surface area (Å²) in [7, 11) is -3.37. The van der Waals surface area contributed by atoms with Crippen LogP contribution in [0.4, 0.5) is 0 Å². The molecule has 0 spiro atoms. The van der Waals surface area contributed by atoms with Gasteiger partial charge >= 0.3 is 5.97 Å². The highest BCUT2D eigenvalue weighted by Gasteiger charge is 2.14. The zero-order valence-electron chi connectivity index (χ0n) is 11.7. The maximum Gasteiger partial charge on any atom is 0.303 e. The minimum absolute atomic E-state index is 0.000283. The van der Waals surface area contributed by atoms with Crippen molar-refractivity contribution in [1.82, 2.24) is 4.72 Å². The lowest BCUT2D eigenvalue weighted by atomic mass is 10.1. The van der Waals surface area contributed by atoms with Crippen LogP contribution in [0.1, 0.15) is 24.0 Å². The van der Waals surface area contributed by atoms with Gasteiger partial charge in [-0.1, -0.05) is 12.1 Å². The third-order valence-electron chi connectivity index (χ3n) is 3.30. The van der Waals surface area contributed by atoms with Crippen molar-refractivity contribution >= 4 is 16.0 Å². The summed E-state index contributed by atoms with van der Waals surface area (Å²) >= 11 is 0. The van der Waals surface area contributed by atoms with Gasteiger partial charge in [-0.25, -0.2) is 13.1 Å². The molecule has 1 heterocycles. The van der Waals surface area contributed by atoms with E-state index in [4.69, 9.17) is 9.84 Å². The number of carboxylic acid groups (broad SMARTS) is 1. The van der Waals surface area contributed by atoms with Crippen molar-refractivity contribution in [2.45, 2.75) is 25.7 Å². The van der Waals surface area contributed by atoms with Gasteiger partial charge in [-0.05, 0) is 30.0 Å². The van der Waals surface area contributed by atoms with Gasteiger partial charge in [0.25, 0.3) is 0 Å². The Balaban J connectivity index is 1.80. The van der Waals surface area contributed by atoms with Crippen molar-refractivity contribution in [1.29, 1.82) is 0 Å². The van der Waals surface area contributed by atoms with Gasteiger partial charge in [0.1, 0.15) is 5.75 Å². The van der Waals surface area contributed by atoms with Crippen LogP contribution in [0.25, 0.3) is 0 Å². The average Bonchev–Trinajstić information content (AvgIpc) is 2.89. The van der Waals surface area contributed by atoms with Crippen molar-refractivity contribution in [3.63, 3.8) is 0 Å². The molecule has 0 amide bonds. The summed E-state index contributed by atoms with van der Waals surface area (Å²) in [6.07, 6.45) is 1.56. The fraction of sp³-hybridized carbons (Fsp3) is 0.500. The molecule has 0 saturated carbocycles. The number of carbonyl (C=O) groups is 1. The van der Waals surface area contributed by atoms with E-state index < -0.39 is 16.0 Å². The molecule has 0 unspecified atom stereocenters. The zero-order chi connectivity index (χ0) is 15.3. The minimum atomic E-state index is -3.37. The average molecular weight is 313 g/mol. The summed E-state index contributed by atoms with van der Waals surface area (Å²) in [6, 6.07) is 5.75. The second-order valence-corrected chi connectivity index (χ2v) is 6.93. The van der Waals surface area contributed by atoms with Crippen LogP contribution in [0.3, 0.4) is 0 Å². The fourth-order valence-corrected chi connectivity index (χ4v) is 3.29. The van der Waals surface area contributed by atoms with Crippen LogP contribution in [0.5, 0.6) is 5.75 Å². The van der Waals surface area contributed by atoms with E-state index in [0.717, 1.165) is 23.3 Å². The number of benzene rings is 1.